The molecule has 0 aliphatic rings. The second-order valence-corrected chi connectivity index (χ2v) is 6.27. The molecule has 4 aromatic rings. The van der Waals surface area contributed by atoms with Crippen molar-refractivity contribution in [2.24, 2.45) is 0 Å². The van der Waals surface area contributed by atoms with Gasteiger partial charge >= 0.3 is 0 Å². The molecule has 106 valence electrons. The Morgan fingerprint density at radius 3 is 2.23 bits per heavy atom. The van der Waals surface area contributed by atoms with Crippen LogP contribution in [0, 0.1) is 0 Å². The number of aromatic nitrogens is 1. The summed E-state index contributed by atoms with van der Waals surface area (Å²) in [5.41, 5.74) is 5.98. The van der Waals surface area contributed by atoms with Crippen LogP contribution < -0.4 is 0 Å². The van der Waals surface area contributed by atoms with Crippen LogP contribution in [-0.2, 0) is 0 Å². The number of nitrogens with one attached hydrogen (secondary N) is 1. The summed E-state index contributed by atoms with van der Waals surface area (Å²) < 4.78 is 1.10. The van der Waals surface area contributed by atoms with Gasteiger partial charge in [-0.1, -0.05) is 64.5 Å². The Labute approximate surface area is 137 Å². The first kappa shape index (κ1) is 13.4. The normalized spacial score (nSPS) is 11.0. The SMILES string of the molecule is Brc1ccc(-c2cccc(-c3cc4ccccc4[nH]3)c2)cc1. The Bertz CT molecular complexity index is 902. The molecule has 0 radical (unpaired) electrons. The Hall–Kier alpha value is -2.32. The van der Waals surface area contributed by atoms with E-state index in [4.69, 9.17) is 0 Å². The molecule has 1 aromatic heterocycles. The molecular formula is C20H14BrN. The van der Waals surface area contributed by atoms with E-state index in [0.29, 0.717) is 0 Å². The molecule has 0 aliphatic heterocycles. The van der Waals surface area contributed by atoms with Crippen LogP contribution in [0.1, 0.15) is 0 Å². The van der Waals surface area contributed by atoms with E-state index in [1.807, 2.05) is 0 Å². The van der Waals surface area contributed by atoms with Crippen molar-refractivity contribution in [3.8, 4) is 22.4 Å². The maximum atomic E-state index is 3.49. The Kier molecular flexibility index (Phi) is 3.32. The Balaban J connectivity index is 1.79. The van der Waals surface area contributed by atoms with Gasteiger partial charge < -0.3 is 4.98 Å². The molecule has 4 rings (SSSR count). The van der Waals surface area contributed by atoms with Gasteiger partial charge in [0.15, 0.2) is 0 Å². The van der Waals surface area contributed by atoms with Crippen LogP contribution in [0.2, 0.25) is 0 Å². The van der Waals surface area contributed by atoms with Gasteiger partial charge in [-0.05, 0) is 47.0 Å². The molecule has 0 unspecified atom stereocenters. The summed E-state index contributed by atoms with van der Waals surface area (Å²) in [7, 11) is 0. The summed E-state index contributed by atoms with van der Waals surface area (Å²) in [5.74, 6) is 0. The molecule has 0 spiro atoms. The van der Waals surface area contributed by atoms with Crippen molar-refractivity contribution in [1.82, 2.24) is 4.98 Å². The zero-order valence-electron chi connectivity index (χ0n) is 11.9. The van der Waals surface area contributed by atoms with Gasteiger partial charge in [0.1, 0.15) is 0 Å². The largest absolute Gasteiger partial charge is 0.355 e. The zero-order valence-corrected chi connectivity index (χ0v) is 13.5. The first-order valence-corrected chi connectivity index (χ1v) is 8.03. The van der Waals surface area contributed by atoms with E-state index < -0.39 is 0 Å². The number of halogens is 1. The van der Waals surface area contributed by atoms with E-state index in [-0.39, 0.29) is 0 Å². The molecule has 0 amide bonds. The molecule has 0 aliphatic carbocycles. The lowest BCUT2D eigenvalue weighted by Crippen LogP contribution is -1.81. The summed E-state index contributed by atoms with van der Waals surface area (Å²) in [6.07, 6.45) is 0. The summed E-state index contributed by atoms with van der Waals surface area (Å²) in [6.45, 7) is 0. The number of hydrogen-bond acceptors (Lipinski definition) is 0. The van der Waals surface area contributed by atoms with Gasteiger partial charge in [0.25, 0.3) is 0 Å². The highest BCUT2D eigenvalue weighted by molar-refractivity contribution is 9.10. The molecule has 1 nitrogen and oxygen atoms in total. The van der Waals surface area contributed by atoms with Crippen LogP contribution in [0.4, 0.5) is 0 Å². The molecule has 1 heterocycles. The second-order valence-electron chi connectivity index (χ2n) is 5.36. The molecule has 0 saturated carbocycles. The minimum Gasteiger partial charge on any atom is -0.355 e. The molecule has 0 bridgehead atoms. The number of H-pyrrole nitrogens is 1. The fourth-order valence-corrected chi connectivity index (χ4v) is 3.00. The Morgan fingerprint density at radius 2 is 1.41 bits per heavy atom. The quantitative estimate of drug-likeness (QED) is 0.440. The van der Waals surface area contributed by atoms with E-state index in [9.17, 15) is 0 Å². The summed E-state index contributed by atoms with van der Waals surface area (Å²) in [6, 6.07) is 27.6. The maximum absolute atomic E-state index is 3.49. The number of aromatic amines is 1. The average Bonchev–Trinajstić information content (AvgIpc) is 3.00. The molecule has 2 heteroatoms. The number of rotatable bonds is 2. The van der Waals surface area contributed by atoms with Gasteiger partial charge in [-0.2, -0.15) is 0 Å². The topological polar surface area (TPSA) is 15.8 Å². The number of hydrogen-bond donors (Lipinski definition) is 1. The van der Waals surface area contributed by atoms with Crippen LogP contribution in [0.5, 0.6) is 0 Å². The molecule has 3 aromatic carbocycles. The summed E-state index contributed by atoms with van der Waals surface area (Å²) in [5, 5.41) is 1.24. The third-order valence-corrected chi connectivity index (χ3v) is 4.41. The van der Waals surface area contributed by atoms with Gasteiger partial charge in [-0.25, -0.2) is 0 Å². The van der Waals surface area contributed by atoms with Crippen LogP contribution in [0.3, 0.4) is 0 Å². The predicted molar refractivity (Wildman–Crippen MR) is 96.9 cm³/mol. The van der Waals surface area contributed by atoms with Crippen molar-refractivity contribution >= 4 is 26.8 Å². The smallest absolute Gasteiger partial charge is 0.0464 e. The van der Waals surface area contributed by atoms with Crippen LogP contribution in [0.25, 0.3) is 33.3 Å². The van der Waals surface area contributed by atoms with Crippen LogP contribution in [-0.4, -0.2) is 4.98 Å². The molecule has 0 fully saturated rings. The van der Waals surface area contributed by atoms with E-state index in [1.165, 1.54) is 27.6 Å². The van der Waals surface area contributed by atoms with Gasteiger partial charge in [0, 0.05) is 21.1 Å². The van der Waals surface area contributed by atoms with Crippen molar-refractivity contribution in [2.45, 2.75) is 0 Å². The fraction of sp³-hybridized carbons (Fsp3) is 0. The Morgan fingerprint density at radius 1 is 0.636 bits per heavy atom. The van der Waals surface area contributed by atoms with Crippen LogP contribution in [0.15, 0.2) is 83.3 Å². The first-order chi connectivity index (χ1) is 10.8. The standard InChI is InChI=1S/C20H14BrN/c21-18-10-8-14(9-11-18)15-5-3-6-16(12-15)20-13-17-4-1-2-7-19(17)22-20/h1-13,22H. The van der Waals surface area contributed by atoms with E-state index in [1.54, 1.807) is 0 Å². The van der Waals surface area contributed by atoms with Gasteiger partial charge in [0.2, 0.25) is 0 Å². The molecule has 1 N–H and O–H groups in total. The van der Waals surface area contributed by atoms with Crippen molar-refractivity contribution in [3.05, 3.63) is 83.3 Å². The number of fused-ring (bicyclic) bond motifs is 1. The molecule has 0 atom stereocenters. The van der Waals surface area contributed by atoms with Gasteiger partial charge in [0.05, 0.1) is 0 Å². The number of para-hydroxylation sites is 1. The minimum absolute atomic E-state index is 1.10. The highest BCUT2D eigenvalue weighted by atomic mass is 79.9. The molecule has 22 heavy (non-hydrogen) atoms. The monoisotopic (exact) mass is 347 g/mol. The lowest BCUT2D eigenvalue weighted by Gasteiger charge is -2.05. The third-order valence-electron chi connectivity index (χ3n) is 3.88. The maximum Gasteiger partial charge on any atom is 0.0464 e. The minimum atomic E-state index is 1.10. The highest BCUT2D eigenvalue weighted by Crippen LogP contribution is 2.28. The lowest BCUT2D eigenvalue weighted by molar-refractivity contribution is 1.45. The van der Waals surface area contributed by atoms with E-state index >= 15 is 0 Å². The fourth-order valence-electron chi connectivity index (χ4n) is 2.74. The van der Waals surface area contributed by atoms with Crippen molar-refractivity contribution in [1.29, 1.82) is 0 Å². The zero-order chi connectivity index (χ0) is 14.9. The molecule has 0 saturated heterocycles. The van der Waals surface area contributed by atoms with Crippen molar-refractivity contribution in [3.63, 3.8) is 0 Å². The lowest BCUT2D eigenvalue weighted by atomic mass is 10.0. The van der Waals surface area contributed by atoms with Gasteiger partial charge in [-0.15, -0.1) is 0 Å². The summed E-state index contributed by atoms with van der Waals surface area (Å²) >= 11 is 3.48. The average molecular weight is 348 g/mol. The molecular weight excluding hydrogens is 334 g/mol. The van der Waals surface area contributed by atoms with Gasteiger partial charge in [-0.3, -0.25) is 0 Å². The van der Waals surface area contributed by atoms with E-state index in [2.05, 4.69) is 99.8 Å². The summed E-state index contributed by atoms with van der Waals surface area (Å²) in [4.78, 5) is 3.49. The first-order valence-electron chi connectivity index (χ1n) is 7.24. The number of benzene rings is 3. The van der Waals surface area contributed by atoms with E-state index in [0.717, 1.165) is 10.2 Å². The predicted octanol–water partition coefficient (Wildman–Crippen LogP) is 6.26. The van der Waals surface area contributed by atoms with Crippen molar-refractivity contribution in [2.75, 3.05) is 0 Å². The second kappa shape index (κ2) is 5.47. The highest BCUT2D eigenvalue weighted by Gasteiger charge is 2.05. The third kappa shape index (κ3) is 2.46. The van der Waals surface area contributed by atoms with Crippen molar-refractivity contribution < 1.29 is 0 Å². The van der Waals surface area contributed by atoms with Crippen LogP contribution >= 0.6 is 15.9 Å².